The van der Waals surface area contributed by atoms with Crippen molar-refractivity contribution in [3.05, 3.63) is 24.3 Å². The van der Waals surface area contributed by atoms with Crippen molar-refractivity contribution in [1.29, 1.82) is 0 Å². The average Bonchev–Trinajstić information content (AvgIpc) is 2.81. The highest BCUT2D eigenvalue weighted by Crippen LogP contribution is 2.31. The van der Waals surface area contributed by atoms with Crippen molar-refractivity contribution in [2.45, 2.75) is 38.9 Å². The number of fused-ring (bicyclic) bond motifs is 1. The number of nitrogens with zero attached hydrogens (tertiary/aromatic N) is 1. The number of sulfone groups is 1. The summed E-state index contributed by atoms with van der Waals surface area (Å²) in [7, 11) is -3.14. The fraction of sp³-hybridized carbons (Fsp3) is 0.588. The number of rotatable bonds is 4. The van der Waals surface area contributed by atoms with Crippen molar-refractivity contribution in [3.8, 4) is 5.75 Å². The summed E-state index contributed by atoms with van der Waals surface area (Å²) in [6, 6.07) is 6.35. The first kappa shape index (κ1) is 17.2. The number of hydrogen-bond acceptors (Lipinski definition) is 5. The Morgan fingerprint density at radius 2 is 1.92 bits per heavy atom. The molecular formula is C17H24N2O4S. The van der Waals surface area contributed by atoms with E-state index in [9.17, 15) is 13.2 Å². The van der Waals surface area contributed by atoms with Crippen molar-refractivity contribution in [2.24, 2.45) is 5.92 Å². The Morgan fingerprint density at radius 3 is 2.50 bits per heavy atom. The van der Waals surface area contributed by atoms with Crippen LogP contribution in [0.4, 0.5) is 5.69 Å². The van der Waals surface area contributed by atoms with E-state index in [2.05, 4.69) is 5.32 Å². The maximum absolute atomic E-state index is 13.0. The van der Waals surface area contributed by atoms with Gasteiger partial charge >= 0.3 is 0 Å². The molecule has 2 saturated heterocycles. The summed E-state index contributed by atoms with van der Waals surface area (Å²) in [5, 5.41) is 3.26. The molecule has 0 unspecified atom stereocenters. The van der Waals surface area contributed by atoms with Crippen LogP contribution in [-0.2, 0) is 14.6 Å². The first-order valence-electron chi connectivity index (χ1n) is 8.35. The molecule has 0 radical (unpaired) electrons. The predicted octanol–water partition coefficient (Wildman–Crippen LogP) is 1.21. The Balaban J connectivity index is 1.96. The molecule has 0 aliphatic carbocycles. The van der Waals surface area contributed by atoms with Crippen LogP contribution in [0.15, 0.2) is 24.3 Å². The van der Waals surface area contributed by atoms with E-state index in [1.165, 1.54) is 0 Å². The monoisotopic (exact) mass is 352 g/mol. The van der Waals surface area contributed by atoms with E-state index in [0.717, 1.165) is 11.4 Å². The van der Waals surface area contributed by atoms with E-state index in [1.54, 1.807) is 4.90 Å². The van der Waals surface area contributed by atoms with E-state index >= 15 is 0 Å². The van der Waals surface area contributed by atoms with Crippen molar-refractivity contribution >= 4 is 21.4 Å². The van der Waals surface area contributed by atoms with Gasteiger partial charge in [0, 0.05) is 11.7 Å². The van der Waals surface area contributed by atoms with Gasteiger partial charge in [-0.1, -0.05) is 13.8 Å². The second-order valence-corrected chi connectivity index (χ2v) is 8.93. The Hall–Kier alpha value is -1.60. The molecular weight excluding hydrogens is 328 g/mol. The van der Waals surface area contributed by atoms with Gasteiger partial charge in [0.25, 0.3) is 0 Å². The number of hydrogen-bond donors (Lipinski definition) is 1. The fourth-order valence-corrected chi connectivity index (χ4v) is 5.43. The quantitative estimate of drug-likeness (QED) is 0.882. The molecule has 1 N–H and O–H groups in total. The number of benzene rings is 1. The molecule has 2 fully saturated rings. The van der Waals surface area contributed by atoms with Crippen molar-refractivity contribution in [1.82, 2.24) is 5.32 Å². The van der Waals surface area contributed by atoms with E-state index in [4.69, 9.17) is 4.74 Å². The van der Waals surface area contributed by atoms with Gasteiger partial charge in [0.05, 0.1) is 30.2 Å². The Morgan fingerprint density at radius 1 is 1.25 bits per heavy atom. The molecule has 6 nitrogen and oxygen atoms in total. The smallest absolute Gasteiger partial charge is 0.244 e. The summed E-state index contributed by atoms with van der Waals surface area (Å²) < 4.78 is 29.6. The Kier molecular flexibility index (Phi) is 4.57. The largest absolute Gasteiger partial charge is 0.494 e. The Bertz CT molecular complexity index is 715. The lowest BCUT2D eigenvalue weighted by Gasteiger charge is -2.42. The molecule has 7 heteroatoms. The molecule has 132 valence electrons. The Labute approximate surface area is 143 Å². The summed E-state index contributed by atoms with van der Waals surface area (Å²) in [4.78, 5) is 14.6. The number of amides is 1. The number of carbonyl (C=O) groups is 1. The van der Waals surface area contributed by atoms with Gasteiger partial charge in [-0.2, -0.15) is 0 Å². The number of nitrogens with one attached hydrogen (secondary N) is 1. The lowest BCUT2D eigenvalue weighted by molar-refractivity contribution is -0.123. The second-order valence-electron chi connectivity index (χ2n) is 6.77. The van der Waals surface area contributed by atoms with E-state index in [-0.39, 0.29) is 41.5 Å². The van der Waals surface area contributed by atoms with Gasteiger partial charge in [-0.3, -0.25) is 10.1 Å². The maximum Gasteiger partial charge on any atom is 0.244 e. The van der Waals surface area contributed by atoms with Crippen LogP contribution in [0, 0.1) is 5.92 Å². The highest BCUT2D eigenvalue weighted by atomic mass is 32.2. The van der Waals surface area contributed by atoms with Gasteiger partial charge in [0.15, 0.2) is 9.84 Å². The molecule has 1 aromatic rings. The molecule has 3 atom stereocenters. The summed E-state index contributed by atoms with van der Waals surface area (Å²) in [6.45, 7) is 6.42. The molecule has 3 rings (SSSR count). The van der Waals surface area contributed by atoms with Crippen molar-refractivity contribution in [3.63, 3.8) is 0 Å². The van der Waals surface area contributed by atoms with Gasteiger partial charge in [0.1, 0.15) is 5.75 Å². The van der Waals surface area contributed by atoms with E-state index in [0.29, 0.717) is 6.61 Å². The number of carbonyl (C=O) groups excluding carboxylic acids is 1. The van der Waals surface area contributed by atoms with Gasteiger partial charge in [-0.05, 0) is 37.1 Å². The van der Waals surface area contributed by atoms with Crippen LogP contribution in [0.25, 0.3) is 0 Å². The minimum absolute atomic E-state index is 0.00837. The summed E-state index contributed by atoms with van der Waals surface area (Å²) in [5.41, 5.74) is 0.725. The third-order valence-electron chi connectivity index (χ3n) is 4.64. The van der Waals surface area contributed by atoms with Gasteiger partial charge in [-0.25, -0.2) is 8.42 Å². The van der Waals surface area contributed by atoms with Crippen LogP contribution in [0.3, 0.4) is 0 Å². The zero-order valence-electron chi connectivity index (χ0n) is 14.2. The molecule has 0 saturated carbocycles. The lowest BCUT2D eigenvalue weighted by atomic mass is 9.94. The molecule has 0 aromatic heterocycles. The highest BCUT2D eigenvalue weighted by molar-refractivity contribution is 7.91. The van der Waals surface area contributed by atoms with Gasteiger partial charge in [0.2, 0.25) is 5.91 Å². The number of ether oxygens (including phenoxy) is 1. The lowest BCUT2D eigenvalue weighted by Crippen LogP contribution is -2.66. The van der Waals surface area contributed by atoms with Crippen LogP contribution < -0.4 is 15.0 Å². The number of anilines is 1. The van der Waals surface area contributed by atoms with Gasteiger partial charge < -0.3 is 9.64 Å². The minimum atomic E-state index is -3.14. The molecule has 0 bridgehead atoms. The third kappa shape index (κ3) is 3.15. The summed E-state index contributed by atoms with van der Waals surface area (Å²) >= 11 is 0. The normalized spacial score (nSPS) is 28.9. The first-order valence-corrected chi connectivity index (χ1v) is 10.2. The minimum Gasteiger partial charge on any atom is -0.494 e. The first-order chi connectivity index (χ1) is 11.3. The molecule has 1 aromatic carbocycles. The van der Waals surface area contributed by atoms with E-state index in [1.807, 2.05) is 45.0 Å². The van der Waals surface area contributed by atoms with Crippen molar-refractivity contribution < 1.29 is 17.9 Å². The molecule has 1 amide bonds. The summed E-state index contributed by atoms with van der Waals surface area (Å²) in [6.07, 6.45) is 0. The molecule has 0 spiro atoms. The van der Waals surface area contributed by atoms with Crippen LogP contribution >= 0.6 is 0 Å². The van der Waals surface area contributed by atoms with Crippen LogP contribution in [0.2, 0.25) is 0 Å². The zero-order chi connectivity index (χ0) is 17.5. The second kappa shape index (κ2) is 6.37. The van der Waals surface area contributed by atoms with Crippen LogP contribution in [0.1, 0.15) is 20.8 Å². The molecule has 2 heterocycles. The topological polar surface area (TPSA) is 75.7 Å². The molecule has 2 aliphatic heterocycles. The number of piperazine rings is 1. The standard InChI is InChI=1S/C17H24N2O4S/c1-4-23-13-7-5-12(6-8-13)19-15-10-24(21,22)9-14(15)18-16(11(2)3)17(19)20/h5-8,11,14-16,18H,4,9-10H2,1-3H3/t14-,15+,16+/m1/s1. The zero-order valence-corrected chi connectivity index (χ0v) is 15.0. The average molecular weight is 352 g/mol. The third-order valence-corrected chi connectivity index (χ3v) is 6.36. The molecule has 24 heavy (non-hydrogen) atoms. The predicted molar refractivity (Wildman–Crippen MR) is 93.1 cm³/mol. The van der Waals surface area contributed by atoms with Crippen LogP contribution in [-0.4, -0.2) is 50.6 Å². The van der Waals surface area contributed by atoms with Crippen molar-refractivity contribution in [2.75, 3.05) is 23.0 Å². The molecule has 2 aliphatic rings. The fourth-order valence-electron chi connectivity index (χ4n) is 3.52. The maximum atomic E-state index is 13.0. The summed E-state index contributed by atoms with van der Waals surface area (Å²) in [5.74, 6) is 0.857. The van der Waals surface area contributed by atoms with Crippen LogP contribution in [0.5, 0.6) is 5.75 Å². The highest BCUT2D eigenvalue weighted by Gasteiger charge is 2.49. The van der Waals surface area contributed by atoms with E-state index < -0.39 is 9.84 Å². The van der Waals surface area contributed by atoms with Gasteiger partial charge in [-0.15, -0.1) is 0 Å². The SMILES string of the molecule is CCOc1ccc(N2C(=O)[C@H](C(C)C)N[C@@H]3CS(=O)(=O)C[C@@H]32)cc1.